The summed E-state index contributed by atoms with van der Waals surface area (Å²) < 4.78 is 59.2. The maximum Gasteiger partial charge on any atom is 0.246 e. The molecule has 0 saturated carbocycles. The van der Waals surface area contributed by atoms with Crippen LogP contribution in [0.2, 0.25) is 5.02 Å². The lowest BCUT2D eigenvalue weighted by Crippen LogP contribution is -2.53. The molecule has 0 aromatic heterocycles. The minimum absolute atomic E-state index is 0.0287. The molecule has 2 aromatic carbocycles. The van der Waals surface area contributed by atoms with Gasteiger partial charge in [-0.2, -0.15) is 4.31 Å². The van der Waals surface area contributed by atoms with Crippen LogP contribution in [0.4, 0.5) is 8.78 Å². The van der Waals surface area contributed by atoms with Gasteiger partial charge in [-0.15, -0.1) is 0 Å². The topological polar surface area (TPSA) is 66.9 Å². The average Bonchev–Trinajstić information content (AvgIpc) is 2.72. The molecule has 0 radical (unpaired) electrons. The van der Waals surface area contributed by atoms with E-state index in [4.69, 9.17) is 16.3 Å². The van der Waals surface area contributed by atoms with Crippen molar-refractivity contribution in [2.24, 2.45) is 5.92 Å². The second-order valence-electron chi connectivity index (χ2n) is 7.27. The molecule has 6 nitrogen and oxygen atoms in total. The minimum atomic E-state index is -4.11. The number of carbonyl (C=O) groups is 1. The number of rotatable bonds is 3. The molecule has 1 saturated heterocycles. The molecule has 2 aromatic rings. The van der Waals surface area contributed by atoms with Crippen LogP contribution in [0.25, 0.3) is 0 Å². The zero-order valence-electron chi connectivity index (χ0n) is 15.9. The molecule has 2 aliphatic rings. The Bertz CT molecular complexity index is 1090. The van der Waals surface area contributed by atoms with Crippen LogP contribution in [-0.4, -0.2) is 56.3 Å². The molecule has 30 heavy (non-hydrogen) atoms. The fraction of sp³-hybridized carbons (Fsp3) is 0.350. The summed E-state index contributed by atoms with van der Waals surface area (Å²) in [5, 5.41) is 0.567. The summed E-state index contributed by atoms with van der Waals surface area (Å²) in [4.78, 5) is 13.9. The van der Waals surface area contributed by atoms with E-state index >= 15 is 0 Å². The van der Waals surface area contributed by atoms with E-state index in [1.165, 1.54) is 0 Å². The van der Waals surface area contributed by atoms with Crippen molar-refractivity contribution in [3.8, 4) is 5.75 Å². The third kappa shape index (κ3) is 4.01. The van der Waals surface area contributed by atoms with Gasteiger partial charge in [0.25, 0.3) is 0 Å². The standard InChI is InChI=1S/C20H19ClF2N2O4S/c21-15-1-3-18-13(10-15)9-14(12-29-18)20(26)24-5-7-25(8-6-24)30(27,28)19-4-2-16(22)11-17(19)23/h1-4,10-11,14H,5-9,12H2. The van der Waals surface area contributed by atoms with Crippen LogP contribution >= 0.6 is 11.6 Å². The van der Waals surface area contributed by atoms with Gasteiger partial charge in [0.05, 0.1) is 5.92 Å². The number of fused-ring (bicyclic) bond motifs is 1. The molecule has 160 valence electrons. The van der Waals surface area contributed by atoms with Crippen LogP contribution in [-0.2, 0) is 21.2 Å². The fourth-order valence-electron chi connectivity index (χ4n) is 3.75. The van der Waals surface area contributed by atoms with Crippen molar-refractivity contribution in [2.45, 2.75) is 11.3 Å². The van der Waals surface area contributed by atoms with Gasteiger partial charge in [-0.05, 0) is 42.3 Å². The van der Waals surface area contributed by atoms with E-state index in [1.54, 1.807) is 23.1 Å². The number of hydrogen-bond acceptors (Lipinski definition) is 4. The summed E-state index contributed by atoms with van der Waals surface area (Å²) in [5.74, 6) is -1.77. The summed E-state index contributed by atoms with van der Waals surface area (Å²) in [5.41, 5.74) is 0.861. The van der Waals surface area contributed by atoms with Gasteiger partial charge in [0.2, 0.25) is 15.9 Å². The predicted octanol–water partition coefficient (Wildman–Crippen LogP) is 2.70. The lowest BCUT2D eigenvalue weighted by molar-refractivity contribution is -0.138. The minimum Gasteiger partial charge on any atom is -0.492 e. The Labute approximate surface area is 178 Å². The van der Waals surface area contributed by atoms with Gasteiger partial charge in [-0.25, -0.2) is 17.2 Å². The quantitative estimate of drug-likeness (QED) is 0.712. The van der Waals surface area contributed by atoms with Crippen molar-refractivity contribution >= 4 is 27.5 Å². The Morgan fingerprint density at radius 2 is 1.80 bits per heavy atom. The van der Waals surface area contributed by atoms with E-state index in [0.717, 1.165) is 22.0 Å². The van der Waals surface area contributed by atoms with Gasteiger partial charge in [0.15, 0.2) is 0 Å². The number of sulfonamides is 1. The van der Waals surface area contributed by atoms with Crippen LogP contribution in [0, 0.1) is 17.6 Å². The molecule has 1 fully saturated rings. The molecular weight excluding hydrogens is 438 g/mol. The largest absolute Gasteiger partial charge is 0.492 e. The van der Waals surface area contributed by atoms with E-state index in [9.17, 15) is 22.0 Å². The van der Waals surface area contributed by atoms with Gasteiger partial charge in [0.1, 0.15) is 28.9 Å². The van der Waals surface area contributed by atoms with Crippen molar-refractivity contribution < 1.29 is 26.7 Å². The molecule has 1 atom stereocenters. The smallest absolute Gasteiger partial charge is 0.246 e. The summed E-state index contributed by atoms with van der Waals surface area (Å²) in [6.45, 7) is 0.661. The van der Waals surface area contributed by atoms with Crippen LogP contribution in [0.1, 0.15) is 5.56 Å². The molecule has 0 N–H and O–H groups in total. The number of ether oxygens (including phenoxy) is 1. The zero-order valence-corrected chi connectivity index (χ0v) is 17.4. The van der Waals surface area contributed by atoms with Crippen LogP contribution in [0.15, 0.2) is 41.3 Å². The van der Waals surface area contributed by atoms with E-state index in [-0.39, 0.29) is 44.6 Å². The normalized spacial score (nSPS) is 19.8. The third-order valence-electron chi connectivity index (χ3n) is 5.34. The Hall–Kier alpha value is -2.23. The average molecular weight is 457 g/mol. The van der Waals surface area contributed by atoms with Crippen molar-refractivity contribution in [1.82, 2.24) is 9.21 Å². The van der Waals surface area contributed by atoms with E-state index < -0.39 is 26.6 Å². The maximum atomic E-state index is 14.0. The van der Waals surface area contributed by atoms with Crippen molar-refractivity contribution in [3.05, 3.63) is 58.6 Å². The Kier molecular flexibility index (Phi) is 5.69. The number of nitrogens with zero attached hydrogens (tertiary/aromatic N) is 2. The summed E-state index contributed by atoms with van der Waals surface area (Å²) >= 11 is 6.02. The molecule has 0 spiro atoms. The number of halogens is 3. The van der Waals surface area contributed by atoms with Gasteiger partial charge in [-0.3, -0.25) is 4.79 Å². The molecular formula is C20H19ClF2N2O4S. The Balaban J connectivity index is 1.41. The first-order valence-electron chi connectivity index (χ1n) is 9.41. The van der Waals surface area contributed by atoms with Crippen LogP contribution in [0.5, 0.6) is 5.75 Å². The Morgan fingerprint density at radius 1 is 1.07 bits per heavy atom. The molecule has 2 aliphatic heterocycles. The number of carbonyl (C=O) groups excluding carboxylic acids is 1. The second-order valence-corrected chi connectivity index (χ2v) is 9.61. The highest BCUT2D eigenvalue weighted by molar-refractivity contribution is 7.89. The zero-order chi connectivity index (χ0) is 21.5. The van der Waals surface area contributed by atoms with E-state index in [1.807, 2.05) is 0 Å². The van der Waals surface area contributed by atoms with Gasteiger partial charge < -0.3 is 9.64 Å². The van der Waals surface area contributed by atoms with E-state index in [2.05, 4.69) is 0 Å². The van der Waals surface area contributed by atoms with Crippen LogP contribution < -0.4 is 4.74 Å². The SMILES string of the molecule is O=C(C1COc2ccc(Cl)cc2C1)N1CCN(S(=O)(=O)c2ccc(F)cc2F)CC1. The first-order chi connectivity index (χ1) is 14.3. The summed E-state index contributed by atoms with van der Waals surface area (Å²) in [7, 11) is -4.11. The highest BCUT2D eigenvalue weighted by Gasteiger charge is 2.35. The van der Waals surface area contributed by atoms with Crippen molar-refractivity contribution in [3.63, 3.8) is 0 Å². The maximum absolute atomic E-state index is 14.0. The lowest BCUT2D eigenvalue weighted by Gasteiger charge is -2.36. The number of piperazine rings is 1. The first kappa shape index (κ1) is 21.0. The molecule has 2 heterocycles. The van der Waals surface area contributed by atoms with Gasteiger partial charge >= 0.3 is 0 Å². The molecule has 1 amide bonds. The van der Waals surface area contributed by atoms with Crippen molar-refractivity contribution in [1.29, 1.82) is 0 Å². The van der Waals surface area contributed by atoms with Gasteiger partial charge in [-0.1, -0.05) is 11.6 Å². The number of amides is 1. The third-order valence-corrected chi connectivity index (χ3v) is 7.51. The highest BCUT2D eigenvalue weighted by atomic mass is 35.5. The van der Waals surface area contributed by atoms with Crippen LogP contribution in [0.3, 0.4) is 0 Å². The molecule has 0 aliphatic carbocycles. The summed E-state index contributed by atoms with van der Waals surface area (Å²) in [6, 6.07) is 7.64. The molecule has 1 unspecified atom stereocenters. The summed E-state index contributed by atoms with van der Waals surface area (Å²) in [6.07, 6.45) is 0.494. The number of benzene rings is 2. The van der Waals surface area contributed by atoms with Gasteiger partial charge in [0, 0.05) is 37.3 Å². The van der Waals surface area contributed by atoms with E-state index in [0.29, 0.717) is 23.3 Å². The molecule has 0 bridgehead atoms. The predicted molar refractivity (Wildman–Crippen MR) is 106 cm³/mol. The monoisotopic (exact) mass is 456 g/mol. The Morgan fingerprint density at radius 3 is 2.50 bits per heavy atom. The lowest BCUT2D eigenvalue weighted by atomic mass is 9.95. The molecule has 4 rings (SSSR count). The molecule has 10 heteroatoms. The van der Waals surface area contributed by atoms with Crippen molar-refractivity contribution in [2.75, 3.05) is 32.8 Å². The highest BCUT2D eigenvalue weighted by Crippen LogP contribution is 2.31. The number of hydrogen-bond donors (Lipinski definition) is 0. The fourth-order valence-corrected chi connectivity index (χ4v) is 5.41. The first-order valence-corrected chi connectivity index (χ1v) is 11.2. The second kappa shape index (κ2) is 8.13.